The fourth-order valence-corrected chi connectivity index (χ4v) is 1.37. The molecule has 0 radical (unpaired) electrons. The molecule has 1 saturated heterocycles. The Morgan fingerprint density at radius 1 is 1.27 bits per heavy atom. The highest BCUT2D eigenvalue weighted by Crippen LogP contribution is 2.00. The number of hydrogen-bond acceptors (Lipinski definition) is 4. The van der Waals surface area contributed by atoms with Crippen LogP contribution in [0.1, 0.15) is 12.8 Å². The summed E-state index contributed by atoms with van der Waals surface area (Å²) in [7, 11) is 0. The zero-order chi connectivity index (χ0) is 7.94. The first-order chi connectivity index (χ1) is 5.43. The summed E-state index contributed by atoms with van der Waals surface area (Å²) >= 11 is 0. The molecule has 5 N–H and O–H groups in total. The Labute approximate surface area is 67.9 Å². The van der Waals surface area contributed by atoms with Crippen LogP contribution in [-0.4, -0.2) is 32.2 Å². The van der Waals surface area contributed by atoms with Gasteiger partial charge in [0.05, 0.1) is 0 Å². The average molecular weight is 158 g/mol. The molecular formula is C7H18N4. The van der Waals surface area contributed by atoms with Gasteiger partial charge in [0.25, 0.3) is 0 Å². The van der Waals surface area contributed by atoms with E-state index in [1.165, 1.54) is 12.8 Å². The van der Waals surface area contributed by atoms with Gasteiger partial charge in [-0.05, 0) is 25.9 Å². The van der Waals surface area contributed by atoms with E-state index in [1.807, 2.05) is 0 Å². The van der Waals surface area contributed by atoms with E-state index >= 15 is 0 Å². The third-order valence-corrected chi connectivity index (χ3v) is 2.04. The topological polar surface area (TPSA) is 62.1 Å². The second-order valence-corrected chi connectivity index (χ2v) is 2.93. The number of rotatable bonds is 4. The van der Waals surface area contributed by atoms with E-state index in [9.17, 15) is 0 Å². The van der Waals surface area contributed by atoms with Gasteiger partial charge in [0.1, 0.15) is 0 Å². The lowest BCUT2D eigenvalue weighted by atomic mass is 10.1. The lowest BCUT2D eigenvalue weighted by molar-refractivity contribution is 0.387. The van der Waals surface area contributed by atoms with Crippen LogP contribution in [0, 0.1) is 0 Å². The molecule has 11 heavy (non-hydrogen) atoms. The molecule has 0 unspecified atom stereocenters. The van der Waals surface area contributed by atoms with Crippen LogP contribution in [0.3, 0.4) is 0 Å². The molecule has 0 aromatic carbocycles. The molecule has 1 fully saturated rings. The van der Waals surface area contributed by atoms with Gasteiger partial charge < -0.3 is 10.6 Å². The van der Waals surface area contributed by atoms with E-state index in [1.54, 1.807) is 0 Å². The maximum atomic E-state index is 5.14. The van der Waals surface area contributed by atoms with E-state index < -0.39 is 0 Å². The molecule has 1 rings (SSSR count). The fraction of sp³-hybridized carbons (Fsp3) is 1.00. The van der Waals surface area contributed by atoms with E-state index in [-0.39, 0.29) is 0 Å². The molecule has 1 aliphatic rings. The van der Waals surface area contributed by atoms with Crippen molar-refractivity contribution in [2.24, 2.45) is 5.84 Å². The fourth-order valence-electron chi connectivity index (χ4n) is 1.37. The smallest absolute Gasteiger partial charge is 0.0223 e. The summed E-state index contributed by atoms with van der Waals surface area (Å²) in [6, 6.07) is 0.699. The molecule has 0 bridgehead atoms. The Kier molecular flexibility index (Phi) is 4.45. The predicted molar refractivity (Wildman–Crippen MR) is 46.1 cm³/mol. The maximum Gasteiger partial charge on any atom is 0.0223 e. The molecule has 0 aliphatic carbocycles. The summed E-state index contributed by atoms with van der Waals surface area (Å²) in [5.74, 6) is 5.14. The van der Waals surface area contributed by atoms with Crippen molar-refractivity contribution in [3.63, 3.8) is 0 Å². The first kappa shape index (κ1) is 8.93. The summed E-state index contributed by atoms with van der Waals surface area (Å²) in [6.07, 6.45) is 2.48. The normalized spacial score (nSPS) is 20.5. The average Bonchev–Trinajstić information content (AvgIpc) is 2.07. The Balaban J connectivity index is 1.96. The highest BCUT2D eigenvalue weighted by Gasteiger charge is 2.10. The Bertz CT molecular complexity index is 90.4. The second kappa shape index (κ2) is 5.49. The van der Waals surface area contributed by atoms with Crippen molar-refractivity contribution in [3.8, 4) is 0 Å². The lowest BCUT2D eigenvalue weighted by Gasteiger charge is -2.23. The highest BCUT2D eigenvalue weighted by molar-refractivity contribution is 4.73. The molecular weight excluding hydrogens is 140 g/mol. The summed E-state index contributed by atoms with van der Waals surface area (Å²) in [5.41, 5.74) is 2.63. The second-order valence-electron chi connectivity index (χ2n) is 2.93. The molecule has 4 heteroatoms. The van der Waals surface area contributed by atoms with Crippen LogP contribution in [0.25, 0.3) is 0 Å². The minimum atomic E-state index is 0.699. The molecule has 1 heterocycles. The molecule has 0 atom stereocenters. The number of piperidine rings is 1. The third kappa shape index (κ3) is 3.67. The largest absolute Gasteiger partial charge is 0.317 e. The number of hydrazine groups is 1. The Morgan fingerprint density at radius 3 is 2.64 bits per heavy atom. The van der Waals surface area contributed by atoms with Crippen molar-refractivity contribution in [3.05, 3.63) is 0 Å². The summed E-state index contributed by atoms with van der Waals surface area (Å²) in [4.78, 5) is 0. The van der Waals surface area contributed by atoms with Crippen LogP contribution < -0.4 is 21.9 Å². The summed E-state index contributed by atoms with van der Waals surface area (Å²) in [6.45, 7) is 4.12. The van der Waals surface area contributed by atoms with Crippen molar-refractivity contribution in [1.82, 2.24) is 16.1 Å². The van der Waals surface area contributed by atoms with Gasteiger partial charge in [-0.2, -0.15) is 0 Å². The SMILES string of the molecule is NNCCNC1CCNCC1. The monoisotopic (exact) mass is 158 g/mol. The molecule has 0 aromatic rings. The number of nitrogens with one attached hydrogen (secondary N) is 3. The molecule has 66 valence electrons. The van der Waals surface area contributed by atoms with Crippen molar-refractivity contribution >= 4 is 0 Å². The first-order valence-electron chi connectivity index (χ1n) is 4.31. The lowest BCUT2D eigenvalue weighted by Crippen LogP contribution is -2.43. The van der Waals surface area contributed by atoms with Gasteiger partial charge in [-0.15, -0.1) is 0 Å². The molecule has 4 nitrogen and oxygen atoms in total. The van der Waals surface area contributed by atoms with Crippen LogP contribution in [-0.2, 0) is 0 Å². The minimum absolute atomic E-state index is 0.699. The molecule has 1 aliphatic heterocycles. The zero-order valence-corrected chi connectivity index (χ0v) is 6.90. The van der Waals surface area contributed by atoms with Crippen molar-refractivity contribution in [1.29, 1.82) is 0 Å². The standard InChI is InChI=1S/C7H18N4/c8-11-6-5-10-7-1-3-9-4-2-7/h7,9-11H,1-6,8H2. The number of nitrogens with two attached hydrogens (primary N) is 1. The third-order valence-electron chi connectivity index (χ3n) is 2.04. The van der Waals surface area contributed by atoms with Gasteiger partial charge in [-0.3, -0.25) is 11.3 Å². The minimum Gasteiger partial charge on any atom is -0.317 e. The van der Waals surface area contributed by atoms with Crippen LogP contribution in [0.2, 0.25) is 0 Å². The van der Waals surface area contributed by atoms with Gasteiger partial charge in [-0.25, -0.2) is 0 Å². The Morgan fingerprint density at radius 2 is 2.00 bits per heavy atom. The van der Waals surface area contributed by atoms with Crippen molar-refractivity contribution in [2.45, 2.75) is 18.9 Å². The molecule has 0 spiro atoms. The van der Waals surface area contributed by atoms with Crippen LogP contribution in [0.15, 0.2) is 0 Å². The van der Waals surface area contributed by atoms with Crippen molar-refractivity contribution < 1.29 is 0 Å². The van der Waals surface area contributed by atoms with Crippen molar-refractivity contribution in [2.75, 3.05) is 26.2 Å². The summed E-state index contributed by atoms with van der Waals surface area (Å²) < 4.78 is 0. The van der Waals surface area contributed by atoms with Gasteiger partial charge in [0.2, 0.25) is 0 Å². The van der Waals surface area contributed by atoms with Gasteiger partial charge in [-0.1, -0.05) is 0 Å². The van der Waals surface area contributed by atoms with E-state index in [0.717, 1.165) is 26.2 Å². The Hall–Kier alpha value is -0.160. The summed E-state index contributed by atoms with van der Waals surface area (Å²) in [5, 5.41) is 6.76. The van der Waals surface area contributed by atoms with E-state index in [4.69, 9.17) is 5.84 Å². The quantitative estimate of drug-likeness (QED) is 0.236. The maximum absolute atomic E-state index is 5.14. The highest BCUT2D eigenvalue weighted by atomic mass is 15.2. The van der Waals surface area contributed by atoms with Gasteiger partial charge >= 0.3 is 0 Å². The van der Waals surface area contributed by atoms with Gasteiger partial charge in [0.15, 0.2) is 0 Å². The van der Waals surface area contributed by atoms with Gasteiger partial charge in [0, 0.05) is 19.1 Å². The number of hydrogen-bond donors (Lipinski definition) is 4. The van der Waals surface area contributed by atoms with Crippen LogP contribution in [0.4, 0.5) is 0 Å². The predicted octanol–water partition coefficient (Wildman–Crippen LogP) is -1.21. The van der Waals surface area contributed by atoms with E-state index in [0.29, 0.717) is 6.04 Å². The van der Waals surface area contributed by atoms with Crippen LogP contribution in [0.5, 0.6) is 0 Å². The van der Waals surface area contributed by atoms with Crippen LogP contribution >= 0.6 is 0 Å². The van der Waals surface area contributed by atoms with E-state index in [2.05, 4.69) is 16.1 Å². The molecule has 0 saturated carbocycles. The zero-order valence-electron chi connectivity index (χ0n) is 6.90. The molecule has 0 amide bonds. The first-order valence-corrected chi connectivity index (χ1v) is 4.31. The molecule has 0 aromatic heterocycles.